The standard InChI is InChI=1S/C17H27N3O2/c1-13-6-9-19(10-7-13)11-16-18-15(12-22-16)17(21)20-8-4-3-5-14(20)2/h12-14H,3-11H2,1-2H3/t14-/m0/s1. The van der Waals surface area contributed by atoms with Crippen molar-refractivity contribution in [3.8, 4) is 0 Å². The Bertz CT molecular complexity index is 506. The lowest BCUT2D eigenvalue weighted by molar-refractivity contribution is 0.0629. The van der Waals surface area contributed by atoms with Crippen LogP contribution in [0.3, 0.4) is 0 Å². The number of nitrogens with zero attached hydrogens (tertiary/aromatic N) is 3. The fourth-order valence-corrected chi connectivity index (χ4v) is 3.44. The van der Waals surface area contributed by atoms with Crippen LogP contribution in [0, 0.1) is 5.92 Å². The molecule has 0 saturated carbocycles. The maximum absolute atomic E-state index is 12.5. The minimum Gasteiger partial charge on any atom is -0.447 e. The van der Waals surface area contributed by atoms with E-state index >= 15 is 0 Å². The predicted octanol–water partition coefficient (Wildman–Crippen LogP) is 2.92. The van der Waals surface area contributed by atoms with Crippen molar-refractivity contribution in [1.82, 2.24) is 14.8 Å². The lowest BCUT2D eigenvalue weighted by atomic mass is 9.99. The number of piperidine rings is 2. The minimum atomic E-state index is 0.0227. The Hall–Kier alpha value is -1.36. The maximum atomic E-state index is 12.5. The number of hydrogen-bond acceptors (Lipinski definition) is 4. The molecule has 2 aliphatic rings. The van der Waals surface area contributed by atoms with Gasteiger partial charge in [0.15, 0.2) is 5.69 Å². The SMILES string of the molecule is CC1CCN(Cc2nc(C(=O)N3CCCC[C@@H]3C)co2)CC1. The average molecular weight is 305 g/mol. The fourth-order valence-electron chi connectivity index (χ4n) is 3.44. The van der Waals surface area contributed by atoms with Gasteiger partial charge in [0.2, 0.25) is 5.89 Å². The number of amides is 1. The molecule has 0 unspecified atom stereocenters. The Kier molecular flexibility index (Phi) is 4.81. The Morgan fingerprint density at radius 3 is 2.73 bits per heavy atom. The van der Waals surface area contributed by atoms with Gasteiger partial charge in [0.05, 0.1) is 6.54 Å². The van der Waals surface area contributed by atoms with Gasteiger partial charge in [-0.25, -0.2) is 4.98 Å². The van der Waals surface area contributed by atoms with E-state index < -0.39 is 0 Å². The molecule has 5 nitrogen and oxygen atoms in total. The Morgan fingerprint density at radius 2 is 2.00 bits per heavy atom. The predicted molar refractivity (Wildman–Crippen MR) is 84.5 cm³/mol. The summed E-state index contributed by atoms with van der Waals surface area (Å²) in [5.74, 6) is 1.51. The lowest BCUT2D eigenvalue weighted by Crippen LogP contribution is -2.42. The van der Waals surface area contributed by atoms with Crippen molar-refractivity contribution in [3.63, 3.8) is 0 Å². The third-order valence-electron chi connectivity index (χ3n) is 5.07. The van der Waals surface area contributed by atoms with Crippen LogP contribution in [0.5, 0.6) is 0 Å². The molecule has 3 heterocycles. The second-order valence-corrected chi connectivity index (χ2v) is 6.93. The lowest BCUT2D eigenvalue weighted by Gasteiger charge is -2.32. The third kappa shape index (κ3) is 3.51. The first-order chi connectivity index (χ1) is 10.6. The van der Waals surface area contributed by atoms with E-state index in [9.17, 15) is 4.79 Å². The number of rotatable bonds is 3. The molecule has 122 valence electrons. The van der Waals surface area contributed by atoms with Crippen LogP contribution in [0.25, 0.3) is 0 Å². The van der Waals surface area contributed by atoms with Crippen LogP contribution in [0.1, 0.15) is 62.3 Å². The van der Waals surface area contributed by atoms with E-state index in [2.05, 4.69) is 23.7 Å². The van der Waals surface area contributed by atoms with E-state index in [0.29, 0.717) is 17.6 Å². The smallest absolute Gasteiger partial charge is 0.276 e. The van der Waals surface area contributed by atoms with Crippen molar-refractivity contribution in [1.29, 1.82) is 0 Å². The summed E-state index contributed by atoms with van der Waals surface area (Å²) in [6.07, 6.45) is 7.39. The summed E-state index contributed by atoms with van der Waals surface area (Å²) in [7, 11) is 0. The molecule has 0 bridgehead atoms. The zero-order valence-electron chi connectivity index (χ0n) is 13.8. The van der Waals surface area contributed by atoms with Gasteiger partial charge in [-0.1, -0.05) is 6.92 Å². The summed E-state index contributed by atoms with van der Waals surface area (Å²) in [4.78, 5) is 21.3. The number of carbonyl (C=O) groups is 1. The number of aromatic nitrogens is 1. The van der Waals surface area contributed by atoms with Crippen LogP contribution in [-0.2, 0) is 6.54 Å². The van der Waals surface area contributed by atoms with Gasteiger partial charge in [0.1, 0.15) is 6.26 Å². The maximum Gasteiger partial charge on any atom is 0.276 e. The van der Waals surface area contributed by atoms with E-state index in [4.69, 9.17) is 4.42 Å². The summed E-state index contributed by atoms with van der Waals surface area (Å²) in [5, 5.41) is 0. The molecule has 1 aromatic rings. The molecular formula is C17H27N3O2. The topological polar surface area (TPSA) is 49.6 Å². The van der Waals surface area contributed by atoms with Crippen LogP contribution in [0.2, 0.25) is 0 Å². The van der Waals surface area contributed by atoms with Crippen molar-refractivity contribution in [2.45, 2.75) is 58.5 Å². The molecule has 1 amide bonds. The van der Waals surface area contributed by atoms with Crippen LogP contribution in [0.15, 0.2) is 10.7 Å². The molecule has 0 aliphatic carbocycles. The number of likely N-dealkylation sites (tertiary alicyclic amines) is 2. The van der Waals surface area contributed by atoms with E-state index in [1.54, 1.807) is 0 Å². The molecule has 2 saturated heterocycles. The van der Waals surface area contributed by atoms with Gasteiger partial charge in [-0.2, -0.15) is 0 Å². The van der Waals surface area contributed by atoms with Gasteiger partial charge in [0, 0.05) is 12.6 Å². The monoisotopic (exact) mass is 305 g/mol. The third-order valence-corrected chi connectivity index (χ3v) is 5.07. The highest BCUT2D eigenvalue weighted by Gasteiger charge is 2.27. The molecular weight excluding hydrogens is 278 g/mol. The highest BCUT2D eigenvalue weighted by Crippen LogP contribution is 2.20. The van der Waals surface area contributed by atoms with Crippen LogP contribution in [-0.4, -0.2) is 46.4 Å². The van der Waals surface area contributed by atoms with Crippen LogP contribution < -0.4 is 0 Å². The Labute approximate surface area is 132 Å². The largest absolute Gasteiger partial charge is 0.447 e. The zero-order chi connectivity index (χ0) is 15.5. The van der Waals surface area contributed by atoms with E-state index in [0.717, 1.165) is 44.9 Å². The van der Waals surface area contributed by atoms with E-state index in [-0.39, 0.29) is 5.91 Å². The number of carbonyl (C=O) groups excluding carboxylic acids is 1. The van der Waals surface area contributed by atoms with Gasteiger partial charge in [-0.15, -0.1) is 0 Å². The first-order valence-corrected chi connectivity index (χ1v) is 8.61. The molecule has 0 spiro atoms. The minimum absolute atomic E-state index is 0.0227. The normalized spacial score (nSPS) is 24.6. The molecule has 0 radical (unpaired) electrons. The molecule has 2 fully saturated rings. The van der Waals surface area contributed by atoms with Crippen molar-refractivity contribution >= 4 is 5.91 Å². The van der Waals surface area contributed by atoms with Gasteiger partial charge in [-0.05, 0) is 58.0 Å². The zero-order valence-corrected chi connectivity index (χ0v) is 13.8. The van der Waals surface area contributed by atoms with Crippen LogP contribution >= 0.6 is 0 Å². The summed E-state index contributed by atoms with van der Waals surface area (Å²) in [6, 6.07) is 0.310. The quantitative estimate of drug-likeness (QED) is 0.861. The first-order valence-electron chi connectivity index (χ1n) is 8.61. The van der Waals surface area contributed by atoms with Gasteiger partial charge in [-0.3, -0.25) is 9.69 Å². The Morgan fingerprint density at radius 1 is 1.23 bits per heavy atom. The van der Waals surface area contributed by atoms with Crippen molar-refractivity contribution in [2.24, 2.45) is 5.92 Å². The van der Waals surface area contributed by atoms with Gasteiger partial charge < -0.3 is 9.32 Å². The van der Waals surface area contributed by atoms with Gasteiger partial charge in [0.25, 0.3) is 5.91 Å². The molecule has 1 aromatic heterocycles. The number of oxazole rings is 1. The van der Waals surface area contributed by atoms with Crippen LogP contribution in [0.4, 0.5) is 0 Å². The van der Waals surface area contributed by atoms with E-state index in [1.807, 2.05) is 4.90 Å². The molecule has 1 atom stereocenters. The Balaban J connectivity index is 1.59. The summed E-state index contributed by atoms with van der Waals surface area (Å²) >= 11 is 0. The molecule has 0 aromatic carbocycles. The molecule has 22 heavy (non-hydrogen) atoms. The molecule has 5 heteroatoms. The summed E-state index contributed by atoms with van der Waals surface area (Å²) in [6.45, 7) is 8.17. The molecule has 2 aliphatic heterocycles. The fraction of sp³-hybridized carbons (Fsp3) is 0.765. The first kappa shape index (κ1) is 15.5. The van der Waals surface area contributed by atoms with Crippen molar-refractivity contribution in [2.75, 3.05) is 19.6 Å². The highest BCUT2D eigenvalue weighted by atomic mass is 16.3. The summed E-state index contributed by atoms with van der Waals surface area (Å²) < 4.78 is 5.54. The second kappa shape index (κ2) is 6.82. The highest BCUT2D eigenvalue weighted by molar-refractivity contribution is 5.92. The van der Waals surface area contributed by atoms with Crippen molar-refractivity contribution < 1.29 is 9.21 Å². The average Bonchev–Trinajstić information content (AvgIpc) is 2.98. The van der Waals surface area contributed by atoms with Gasteiger partial charge >= 0.3 is 0 Å². The van der Waals surface area contributed by atoms with E-state index in [1.165, 1.54) is 25.5 Å². The summed E-state index contributed by atoms with van der Waals surface area (Å²) in [5.41, 5.74) is 0.467. The van der Waals surface area contributed by atoms with Crippen molar-refractivity contribution in [3.05, 3.63) is 17.8 Å². The second-order valence-electron chi connectivity index (χ2n) is 6.93. The molecule has 3 rings (SSSR count). The molecule has 0 N–H and O–H groups in total. The number of hydrogen-bond donors (Lipinski definition) is 0.